The summed E-state index contributed by atoms with van der Waals surface area (Å²) in [6.45, 7) is 0. The number of rotatable bonds is 2. The van der Waals surface area contributed by atoms with Gasteiger partial charge in [0.2, 0.25) is 11.8 Å². The summed E-state index contributed by atoms with van der Waals surface area (Å²) in [5.41, 5.74) is 2.07. The maximum Gasteiger partial charge on any atom is 0.238 e. The highest BCUT2D eigenvalue weighted by Crippen LogP contribution is 2.62. The van der Waals surface area contributed by atoms with E-state index in [0.29, 0.717) is 20.8 Å². The third-order valence-corrected chi connectivity index (χ3v) is 7.78. The molecule has 0 N–H and O–H groups in total. The number of amides is 2. The topological polar surface area (TPSA) is 59.0 Å². The van der Waals surface area contributed by atoms with Gasteiger partial charge < -0.3 is 4.84 Å². The molecule has 2 aromatic rings. The molecule has 0 spiro atoms. The Hall–Kier alpha value is -2.08. The highest BCUT2D eigenvalue weighted by molar-refractivity contribution is 6.37. The van der Waals surface area contributed by atoms with E-state index in [9.17, 15) is 9.59 Å². The summed E-state index contributed by atoms with van der Waals surface area (Å²) in [5, 5.41) is 5.93. The molecule has 2 heterocycles. The van der Waals surface area contributed by atoms with Crippen molar-refractivity contribution in [3.8, 4) is 0 Å². The molecule has 2 aliphatic heterocycles. The first-order valence-corrected chi connectivity index (χ1v) is 10.9. The fourth-order valence-corrected chi connectivity index (χ4v) is 6.52. The lowest BCUT2D eigenvalue weighted by atomic mass is 9.71. The number of fused-ring (bicyclic) bond motifs is 8. The second-order valence-electron chi connectivity index (χ2n) is 8.30. The van der Waals surface area contributed by atoms with Crippen LogP contribution >= 0.6 is 34.8 Å². The van der Waals surface area contributed by atoms with Crippen LogP contribution in [-0.4, -0.2) is 23.6 Å². The van der Waals surface area contributed by atoms with Crippen molar-refractivity contribution in [2.75, 3.05) is 4.90 Å². The van der Waals surface area contributed by atoms with Crippen molar-refractivity contribution in [2.45, 2.75) is 12.5 Å². The molecule has 2 amide bonds. The molecule has 5 nitrogen and oxygen atoms in total. The van der Waals surface area contributed by atoms with E-state index in [-0.39, 0.29) is 47.5 Å². The van der Waals surface area contributed by atoms with Crippen LogP contribution in [0.1, 0.15) is 12.0 Å². The smallest absolute Gasteiger partial charge is 0.238 e. The number of carbonyl (C=O) groups is 2. The Bertz CT molecular complexity index is 1130. The number of halogens is 3. The normalized spacial score (nSPS) is 33.6. The van der Waals surface area contributed by atoms with Crippen molar-refractivity contribution in [1.29, 1.82) is 0 Å². The van der Waals surface area contributed by atoms with Gasteiger partial charge in [-0.1, -0.05) is 46.0 Å². The van der Waals surface area contributed by atoms with E-state index in [1.807, 2.05) is 6.07 Å². The summed E-state index contributed by atoms with van der Waals surface area (Å²) in [4.78, 5) is 33.7. The van der Waals surface area contributed by atoms with Gasteiger partial charge in [0, 0.05) is 27.4 Å². The molecular weight excluding hydrogens is 447 g/mol. The quantitative estimate of drug-likeness (QED) is 0.602. The molecule has 4 aliphatic rings. The van der Waals surface area contributed by atoms with E-state index >= 15 is 0 Å². The van der Waals surface area contributed by atoms with Crippen LogP contribution in [-0.2, 0) is 14.4 Å². The lowest BCUT2D eigenvalue weighted by Gasteiger charge is -2.30. The Kier molecular flexibility index (Phi) is 4.02. The fraction of sp³-hybridized carbons (Fsp3) is 0.318. The first-order chi connectivity index (χ1) is 14.5. The monoisotopic (exact) mass is 460 g/mol. The molecule has 0 radical (unpaired) electrons. The van der Waals surface area contributed by atoms with Gasteiger partial charge in [0.25, 0.3) is 0 Å². The molecule has 3 fully saturated rings. The van der Waals surface area contributed by atoms with E-state index in [1.165, 1.54) is 4.90 Å². The Morgan fingerprint density at radius 1 is 0.867 bits per heavy atom. The summed E-state index contributed by atoms with van der Waals surface area (Å²) in [5.74, 6) is -1.13. The van der Waals surface area contributed by atoms with Gasteiger partial charge in [-0.05, 0) is 48.7 Å². The second kappa shape index (κ2) is 6.46. The molecule has 6 atom stereocenters. The summed E-state index contributed by atoms with van der Waals surface area (Å²) < 4.78 is 0. The van der Waals surface area contributed by atoms with Crippen molar-refractivity contribution in [3.63, 3.8) is 0 Å². The lowest BCUT2D eigenvalue weighted by Crippen LogP contribution is -2.41. The summed E-state index contributed by atoms with van der Waals surface area (Å²) in [6.07, 6.45) is 0.570. The van der Waals surface area contributed by atoms with Crippen LogP contribution in [0.25, 0.3) is 0 Å². The maximum atomic E-state index is 13.4. The number of carbonyl (C=O) groups excluding carboxylic acids is 2. The number of imide groups is 1. The summed E-state index contributed by atoms with van der Waals surface area (Å²) in [7, 11) is 0. The average molecular weight is 462 g/mol. The first kappa shape index (κ1) is 18.7. The minimum atomic E-state index is -0.366. The van der Waals surface area contributed by atoms with E-state index < -0.39 is 0 Å². The van der Waals surface area contributed by atoms with Crippen LogP contribution in [0, 0.1) is 29.6 Å². The van der Waals surface area contributed by atoms with Gasteiger partial charge in [0.15, 0.2) is 0 Å². The molecule has 152 valence electrons. The van der Waals surface area contributed by atoms with Crippen LogP contribution < -0.4 is 4.90 Å². The van der Waals surface area contributed by atoms with Crippen molar-refractivity contribution in [1.82, 2.24) is 0 Å². The summed E-state index contributed by atoms with van der Waals surface area (Å²) in [6, 6.07) is 12.1. The van der Waals surface area contributed by atoms with Crippen molar-refractivity contribution in [2.24, 2.45) is 34.7 Å². The Balaban J connectivity index is 1.36. The predicted molar refractivity (Wildman–Crippen MR) is 114 cm³/mol. The fourth-order valence-electron chi connectivity index (χ4n) is 5.89. The SMILES string of the molecule is O=C1[C@H]2[C@@H]3C[C@@H]([C@H]4C(c5ccc(Cl)cc5Cl)=NO[C@H]34)[C@@H]2C(=O)N1c1ccc(Cl)cc1. The second-order valence-corrected chi connectivity index (χ2v) is 9.58. The standard InChI is InChI=1S/C22H15Cl3N2O3/c23-9-1-4-11(5-2-9)27-21(28)16-13-8-14(17(16)22(27)29)20-18(13)19(26-30-20)12-6-3-10(24)7-15(12)25/h1-7,13-14,16-18,20H,8H2/t13-,14+,16+,17+,18+,20-/m1/s1. The van der Waals surface area contributed by atoms with Crippen LogP contribution in [0.2, 0.25) is 15.1 Å². The Morgan fingerprint density at radius 2 is 1.53 bits per heavy atom. The zero-order valence-electron chi connectivity index (χ0n) is 15.5. The van der Waals surface area contributed by atoms with Crippen LogP contribution in [0.4, 0.5) is 5.69 Å². The number of hydrogen-bond acceptors (Lipinski definition) is 4. The van der Waals surface area contributed by atoms with E-state index in [4.69, 9.17) is 39.6 Å². The molecule has 2 bridgehead atoms. The average Bonchev–Trinajstić information content (AvgIpc) is 3.44. The Morgan fingerprint density at radius 3 is 2.23 bits per heavy atom. The summed E-state index contributed by atoms with van der Waals surface area (Å²) >= 11 is 18.4. The van der Waals surface area contributed by atoms with Gasteiger partial charge in [0.1, 0.15) is 6.10 Å². The van der Waals surface area contributed by atoms with E-state index in [1.54, 1.807) is 36.4 Å². The minimum absolute atomic E-state index is 0.00764. The molecule has 2 saturated carbocycles. The van der Waals surface area contributed by atoms with Gasteiger partial charge in [-0.15, -0.1) is 0 Å². The maximum absolute atomic E-state index is 13.4. The number of hydrogen-bond donors (Lipinski definition) is 0. The number of oxime groups is 1. The largest absolute Gasteiger partial charge is 0.391 e. The molecular formula is C22H15Cl3N2O3. The highest BCUT2D eigenvalue weighted by Gasteiger charge is 2.70. The van der Waals surface area contributed by atoms with Gasteiger partial charge in [-0.25, -0.2) is 0 Å². The van der Waals surface area contributed by atoms with Gasteiger partial charge in [-0.3, -0.25) is 14.5 Å². The van der Waals surface area contributed by atoms with Gasteiger partial charge in [0.05, 0.1) is 28.3 Å². The van der Waals surface area contributed by atoms with Crippen LogP contribution in [0.15, 0.2) is 47.6 Å². The van der Waals surface area contributed by atoms with E-state index in [0.717, 1.165) is 17.7 Å². The molecule has 2 aliphatic carbocycles. The number of nitrogens with zero attached hydrogens (tertiary/aromatic N) is 2. The molecule has 1 saturated heterocycles. The van der Waals surface area contributed by atoms with Crippen molar-refractivity contribution < 1.29 is 14.4 Å². The molecule has 6 rings (SSSR count). The number of anilines is 1. The lowest BCUT2D eigenvalue weighted by molar-refractivity contribution is -0.125. The molecule has 8 heteroatoms. The highest BCUT2D eigenvalue weighted by atomic mass is 35.5. The van der Waals surface area contributed by atoms with Crippen molar-refractivity contribution >= 4 is 58.0 Å². The third kappa shape index (κ3) is 2.40. The molecule has 0 aromatic heterocycles. The molecule has 0 unspecified atom stereocenters. The van der Waals surface area contributed by atoms with Crippen LogP contribution in [0.5, 0.6) is 0 Å². The Labute approximate surface area is 187 Å². The van der Waals surface area contributed by atoms with E-state index in [2.05, 4.69) is 5.16 Å². The zero-order chi connectivity index (χ0) is 20.7. The molecule has 30 heavy (non-hydrogen) atoms. The van der Waals surface area contributed by atoms with Gasteiger partial charge in [-0.2, -0.15) is 0 Å². The minimum Gasteiger partial charge on any atom is -0.391 e. The zero-order valence-corrected chi connectivity index (χ0v) is 17.7. The van der Waals surface area contributed by atoms with Crippen LogP contribution in [0.3, 0.4) is 0 Å². The first-order valence-electron chi connectivity index (χ1n) is 9.78. The predicted octanol–water partition coefficient (Wildman–Crippen LogP) is 4.82. The number of benzene rings is 2. The molecule has 2 aromatic carbocycles. The van der Waals surface area contributed by atoms with Crippen molar-refractivity contribution in [3.05, 3.63) is 63.1 Å². The third-order valence-electron chi connectivity index (χ3n) is 6.98. The van der Waals surface area contributed by atoms with Gasteiger partial charge >= 0.3 is 0 Å².